The smallest absolute Gasteiger partial charge is 0.305 e. The lowest BCUT2D eigenvalue weighted by Crippen LogP contribution is -2.39. The van der Waals surface area contributed by atoms with Crippen LogP contribution in [0, 0.1) is 5.41 Å². The zero-order chi connectivity index (χ0) is 15.2. The van der Waals surface area contributed by atoms with Crippen LogP contribution in [0.2, 0.25) is 0 Å². The largest absolute Gasteiger partial charge is 0.481 e. The van der Waals surface area contributed by atoms with Crippen LogP contribution in [-0.4, -0.2) is 23.0 Å². The molecule has 2 N–H and O–H groups in total. The van der Waals surface area contributed by atoms with Crippen LogP contribution in [0.3, 0.4) is 0 Å². The molecule has 1 aromatic heterocycles. The van der Waals surface area contributed by atoms with E-state index in [9.17, 15) is 9.59 Å². The van der Waals surface area contributed by atoms with Gasteiger partial charge in [-0.2, -0.15) is 0 Å². The van der Waals surface area contributed by atoms with Gasteiger partial charge in [-0.1, -0.05) is 20.8 Å². The lowest BCUT2D eigenvalue weighted by atomic mass is 9.87. The van der Waals surface area contributed by atoms with Crippen molar-refractivity contribution in [1.29, 1.82) is 0 Å². The molecule has 1 amide bonds. The fourth-order valence-electron chi connectivity index (χ4n) is 2.12. The predicted octanol–water partition coefficient (Wildman–Crippen LogP) is 2.61. The van der Waals surface area contributed by atoms with Gasteiger partial charge in [0.1, 0.15) is 5.76 Å². The van der Waals surface area contributed by atoms with Crippen molar-refractivity contribution >= 4 is 11.9 Å². The molecule has 1 atom stereocenters. The summed E-state index contributed by atoms with van der Waals surface area (Å²) >= 11 is 0. The topological polar surface area (TPSA) is 79.5 Å². The highest BCUT2D eigenvalue weighted by Crippen LogP contribution is 2.22. The van der Waals surface area contributed by atoms with Gasteiger partial charge >= 0.3 is 5.97 Å². The minimum atomic E-state index is -0.898. The lowest BCUT2D eigenvalue weighted by Gasteiger charge is -2.25. The number of aryl methyl sites for hydroxylation is 1. The van der Waals surface area contributed by atoms with Crippen molar-refractivity contribution in [3.05, 3.63) is 24.2 Å². The Labute approximate surface area is 119 Å². The van der Waals surface area contributed by atoms with Crippen LogP contribution in [0.1, 0.15) is 45.8 Å². The molecular weight excluding hydrogens is 258 g/mol. The number of carbonyl (C=O) groups is 2. The number of hydrogen-bond acceptors (Lipinski definition) is 3. The Bertz CT molecular complexity index is 431. The van der Waals surface area contributed by atoms with Crippen molar-refractivity contribution in [3.8, 4) is 0 Å². The number of hydrogen-bond donors (Lipinski definition) is 2. The van der Waals surface area contributed by atoms with Gasteiger partial charge in [-0.05, 0) is 24.0 Å². The second-order valence-corrected chi connectivity index (χ2v) is 6.21. The first-order chi connectivity index (χ1) is 9.26. The summed E-state index contributed by atoms with van der Waals surface area (Å²) in [6.07, 6.45) is 2.97. The van der Waals surface area contributed by atoms with Crippen molar-refractivity contribution in [3.63, 3.8) is 0 Å². The van der Waals surface area contributed by atoms with E-state index in [-0.39, 0.29) is 23.8 Å². The van der Waals surface area contributed by atoms with Crippen LogP contribution in [0.5, 0.6) is 0 Å². The molecule has 0 radical (unpaired) electrons. The van der Waals surface area contributed by atoms with Gasteiger partial charge in [-0.3, -0.25) is 9.59 Å². The van der Waals surface area contributed by atoms with Crippen molar-refractivity contribution in [2.45, 2.75) is 52.5 Å². The number of carboxylic acids is 1. The molecule has 0 fully saturated rings. The standard InChI is InChI=1S/C15H23NO4/c1-15(2,3)10-11(9-14(18)19)16-13(17)7-6-12-5-4-8-20-12/h4-5,8,11H,6-7,9-10H2,1-3H3,(H,16,17)(H,18,19). The van der Waals surface area contributed by atoms with Crippen LogP contribution in [0.25, 0.3) is 0 Å². The molecule has 0 saturated heterocycles. The van der Waals surface area contributed by atoms with Crippen LogP contribution in [0.15, 0.2) is 22.8 Å². The first-order valence-corrected chi connectivity index (χ1v) is 6.80. The normalized spacial score (nSPS) is 12.9. The van der Waals surface area contributed by atoms with Gasteiger partial charge < -0.3 is 14.8 Å². The van der Waals surface area contributed by atoms with E-state index in [4.69, 9.17) is 9.52 Å². The molecule has 1 rings (SSSR count). The molecule has 1 heterocycles. The summed E-state index contributed by atoms with van der Waals surface area (Å²) in [5.41, 5.74) is -0.0333. The zero-order valence-corrected chi connectivity index (χ0v) is 12.3. The first kappa shape index (κ1) is 16.3. The summed E-state index contributed by atoms with van der Waals surface area (Å²) in [6, 6.07) is 3.26. The van der Waals surface area contributed by atoms with Crippen LogP contribution >= 0.6 is 0 Å². The number of furan rings is 1. The summed E-state index contributed by atoms with van der Waals surface area (Å²) in [5.74, 6) is -0.284. The van der Waals surface area contributed by atoms with Gasteiger partial charge in [0.15, 0.2) is 0 Å². The molecule has 1 aromatic rings. The fourth-order valence-corrected chi connectivity index (χ4v) is 2.12. The predicted molar refractivity (Wildman–Crippen MR) is 75.3 cm³/mol. The Hall–Kier alpha value is -1.78. The number of amides is 1. The highest BCUT2D eigenvalue weighted by molar-refractivity contribution is 5.77. The Morgan fingerprint density at radius 1 is 1.40 bits per heavy atom. The highest BCUT2D eigenvalue weighted by atomic mass is 16.4. The molecule has 20 heavy (non-hydrogen) atoms. The SMILES string of the molecule is CC(C)(C)CC(CC(=O)O)NC(=O)CCc1ccco1. The monoisotopic (exact) mass is 281 g/mol. The Morgan fingerprint density at radius 3 is 2.60 bits per heavy atom. The average Bonchev–Trinajstić information content (AvgIpc) is 2.75. The van der Waals surface area contributed by atoms with Gasteiger partial charge in [0.05, 0.1) is 12.7 Å². The van der Waals surface area contributed by atoms with Gasteiger partial charge in [-0.25, -0.2) is 0 Å². The Balaban J connectivity index is 2.46. The summed E-state index contributed by atoms with van der Waals surface area (Å²) in [7, 11) is 0. The number of aliphatic carboxylic acids is 1. The van der Waals surface area contributed by atoms with E-state index in [0.29, 0.717) is 19.3 Å². The summed E-state index contributed by atoms with van der Waals surface area (Å²) in [4.78, 5) is 22.7. The van der Waals surface area contributed by atoms with Crippen molar-refractivity contribution < 1.29 is 19.1 Å². The van der Waals surface area contributed by atoms with Gasteiger partial charge in [0, 0.05) is 18.9 Å². The number of rotatable bonds is 7. The molecule has 0 aliphatic heterocycles. The second kappa shape index (κ2) is 7.12. The third-order valence-electron chi connectivity index (χ3n) is 2.82. The van der Waals surface area contributed by atoms with Crippen LogP contribution in [0.4, 0.5) is 0 Å². The Kier molecular flexibility index (Phi) is 5.80. The Morgan fingerprint density at radius 2 is 2.10 bits per heavy atom. The molecule has 112 valence electrons. The quantitative estimate of drug-likeness (QED) is 0.805. The number of nitrogens with one attached hydrogen (secondary N) is 1. The second-order valence-electron chi connectivity index (χ2n) is 6.21. The summed E-state index contributed by atoms with van der Waals surface area (Å²) in [5, 5.41) is 11.7. The third kappa shape index (κ3) is 6.97. The van der Waals surface area contributed by atoms with Crippen LogP contribution in [-0.2, 0) is 16.0 Å². The van der Waals surface area contributed by atoms with E-state index in [2.05, 4.69) is 5.32 Å². The van der Waals surface area contributed by atoms with E-state index in [0.717, 1.165) is 5.76 Å². The molecule has 0 aliphatic rings. The van der Waals surface area contributed by atoms with E-state index in [1.165, 1.54) is 0 Å². The fraction of sp³-hybridized carbons (Fsp3) is 0.600. The van der Waals surface area contributed by atoms with Gasteiger partial charge in [0.2, 0.25) is 5.91 Å². The molecule has 0 saturated carbocycles. The first-order valence-electron chi connectivity index (χ1n) is 6.80. The van der Waals surface area contributed by atoms with Gasteiger partial charge in [-0.15, -0.1) is 0 Å². The molecular formula is C15H23NO4. The number of carbonyl (C=O) groups excluding carboxylic acids is 1. The van der Waals surface area contributed by atoms with E-state index < -0.39 is 5.97 Å². The summed E-state index contributed by atoms with van der Waals surface area (Å²) in [6.45, 7) is 6.07. The maximum Gasteiger partial charge on any atom is 0.305 e. The lowest BCUT2D eigenvalue weighted by molar-refractivity contribution is -0.137. The van der Waals surface area contributed by atoms with Crippen molar-refractivity contribution in [2.24, 2.45) is 5.41 Å². The molecule has 0 spiro atoms. The van der Waals surface area contributed by atoms with Gasteiger partial charge in [0.25, 0.3) is 0 Å². The third-order valence-corrected chi connectivity index (χ3v) is 2.82. The average molecular weight is 281 g/mol. The van der Waals surface area contributed by atoms with Crippen molar-refractivity contribution in [2.75, 3.05) is 0 Å². The van der Waals surface area contributed by atoms with E-state index >= 15 is 0 Å². The zero-order valence-electron chi connectivity index (χ0n) is 12.3. The maximum absolute atomic E-state index is 11.9. The van der Waals surface area contributed by atoms with Crippen molar-refractivity contribution in [1.82, 2.24) is 5.32 Å². The van der Waals surface area contributed by atoms with E-state index in [1.54, 1.807) is 12.3 Å². The summed E-state index contributed by atoms with van der Waals surface area (Å²) < 4.78 is 5.16. The van der Waals surface area contributed by atoms with E-state index in [1.807, 2.05) is 26.8 Å². The highest BCUT2D eigenvalue weighted by Gasteiger charge is 2.22. The molecule has 5 nitrogen and oxygen atoms in total. The minimum Gasteiger partial charge on any atom is -0.481 e. The molecule has 0 aromatic carbocycles. The number of carboxylic acid groups (broad SMARTS) is 1. The minimum absolute atomic E-state index is 0.0333. The molecule has 0 bridgehead atoms. The molecule has 5 heteroatoms. The molecule has 1 unspecified atom stereocenters. The maximum atomic E-state index is 11.9. The molecule has 0 aliphatic carbocycles. The van der Waals surface area contributed by atoms with Crippen LogP contribution < -0.4 is 5.32 Å².